The molecule has 15 heteroatoms. The minimum atomic E-state index is -1.43. The molecule has 14 nitrogen and oxygen atoms in total. The van der Waals surface area contributed by atoms with E-state index in [1.165, 1.54) is 41.7 Å². The van der Waals surface area contributed by atoms with E-state index < -0.39 is 84.3 Å². The van der Waals surface area contributed by atoms with Crippen molar-refractivity contribution in [2.24, 2.45) is 0 Å². The van der Waals surface area contributed by atoms with Crippen molar-refractivity contribution in [3.05, 3.63) is 47.0 Å². The number of carbonyl (C=O) groups is 7. The van der Waals surface area contributed by atoms with Gasteiger partial charge < -0.3 is 35.4 Å². The Labute approximate surface area is 310 Å². The van der Waals surface area contributed by atoms with Crippen LogP contribution in [0.3, 0.4) is 0 Å². The van der Waals surface area contributed by atoms with Gasteiger partial charge in [0.25, 0.3) is 0 Å². The summed E-state index contributed by atoms with van der Waals surface area (Å²) in [5.74, 6) is -4.15. The maximum Gasteiger partial charge on any atom is 0.328 e. The summed E-state index contributed by atoms with van der Waals surface area (Å²) in [6.07, 6.45) is 8.51. The van der Waals surface area contributed by atoms with E-state index in [0.29, 0.717) is 42.7 Å². The zero-order valence-corrected chi connectivity index (χ0v) is 31.2. The summed E-state index contributed by atoms with van der Waals surface area (Å²) in [5, 5.41) is 8.59. The van der Waals surface area contributed by atoms with Crippen LogP contribution in [0, 0.1) is 0 Å². The summed E-state index contributed by atoms with van der Waals surface area (Å²) in [7, 11) is 1.46. The number of amides is 6. The number of ether oxygens (including phenoxy) is 1. The van der Waals surface area contributed by atoms with Gasteiger partial charge in [-0.1, -0.05) is 49.6 Å². The molecule has 0 radical (unpaired) electrons. The smallest absolute Gasteiger partial charge is 0.328 e. The summed E-state index contributed by atoms with van der Waals surface area (Å²) in [6, 6.07) is 0.370. The van der Waals surface area contributed by atoms with E-state index in [9.17, 15) is 33.6 Å². The molecule has 0 unspecified atom stereocenters. The number of nitrogens with one attached hydrogen (secondary N) is 3. The SMILES string of the molecule is CCCCC/C=C/C(=O)N[C@@H](Cc1ccc(Cl)cc1)C(=O)N[C@H]1COC(=O)[C@@H]2CCCN2C(=O)[C@H](C)NC(=O)[C@H](C)N(C)C(=O)[C@@H]2CCCN2C1=O. The first-order valence-electron chi connectivity index (χ1n) is 18.2. The standard InChI is InChI=1S/C37H51ClN6O8/c1-5-6-7-8-9-14-31(45)40-27(21-25-15-17-26(38)18-16-25)33(47)41-28-22-52-37(51)30-13-11-20-44(30)34(48)23(2)39-32(46)24(3)42(4)36(50)29-12-10-19-43(29)35(28)49/h9,14-18,23-24,27-30H,5-8,10-13,19-22H2,1-4H3,(H,39,46)(H,40,45)(H,41,47)/b14-9+/t23-,24-,27-,28-,29-,30-/m0/s1. The summed E-state index contributed by atoms with van der Waals surface area (Å²) in [4.78, 5) is 98.9. The van der Waals surface area contributed by atoms with Crippen molar-refractivity contribution in [3.8, 4) is 0 Å². The third kappa shape index (κ3) is 10.3. The van der Waals surface area contributed by atoms with E-state index in [-0.39, 0.29) is 19.5 Å². The van der Waals surface area contributed by atoms with Crippen LogP contribution in [0.4, 0.5) is 0 Å². The number of cyclic esters (lactones) is 1. The number of benzene rings is 1. The molecular weight excluding hydrogens is 692 g/mol. The van der Waals surface area contributed by atoms with E-state index >= 15 is 0 Å². The predicted octanol–water partition coefficient (Wildman–Crippen LogP) is 1.88. The van der Waals surface area contributed by atoms with Crippen LogP contribution in [0.5, 0.6) is 0 Å². The van der Waals surface area contributed by atoms with Crippen LogP contribution in [0.2, 0.25) is 5.02 Å². The molecule has 6 atom stereocenters. The highest BCUT2D eigenvalue weighted by Crippen LogP contribution is 2.23. The van der Waals surface area contributed by atoms with Crippen molar-refractivity contribution in [1.29, 1.82) is 0 Å². The Kier molecular flexibility index (Phi) is 14.6. The van der Waals surface area contributed by atoms with Crippen molar-refractivity contribution in [2.75, 3.05) is 26.7 Å². The Morgan fingerprint density at radius 2 is 1.62 bits per heavy atom. The Morgan fingerprint density at radius 3 is 2.29 bits per heavy atom. The lowest BCUT2D eigenvalue weighted by atomic mass is 10.0. The second-order valence-corrected chi connectivity index (χ2v) is 14.2. The fourth-order valence-electron chi connectivity index (χ4n) is 6.71. The molecule has 3 saturated heterocycles. The topological polar surface area (TPSA) is 175 Å². The zero-order valence-electron chi connectivity index (χ0n) is 30.4. The Morgan fingerprint density at radius 1 is 0.962 bits per heavy atom. The van der Waals surface area contributed by atoms with Crippen molar-refractivity contribution < 1.29 is 38.3 Å². The number of nitrogens with zero attached hydrogens (tertiary/aromatic N) is 3. The molecule has 1 aromatic carbocycles. The molecular formula is C37H51ClN6O8. The molecule has 0 saturated carbocycles. The number of unbranched alkanes of at least 4 members (excludes halogenated alkanes) is 3. The molecule has 0 aliphatic carbocycles. The van der Waals surface area contributed by atoms with Crippen LogP contribution in [0.1, 0.15) is 77.7 Å². The third-order valence-corrected chi connectivity index (χ3v) is 10.2. The van der Waals surface area contributed by atoms with Crippen LogP contribution < -0.4 is 16.0 Å². The maximum atomic E-state index is 14.2. The normalized spacial score (nSPS) is 25.4. The Hall–Kier alpha value is -4.46. The quantitative estimate of drug-likeness (QED) is 0.185. The predicted molar refractivity (Wildman–Crippen MR) is 193 cm³/mol. The van der Waals surface area contributed by atoms with Crippen molar-refractivity contribution in [2.45, 2.75) is 115 Å². The van der Waals surface area contributed by atoms with E-state index in [0.717, 1.165) is 19.3 Å². The Bertz CT molecular complexity index is 1520. The molecule has 0 bridgehead atoms. The molecule has 1 aromatic rings. The number of rotatable bonds is 10. The minimum Gasteiger partial charge on any atom is -0.461 e. The van der Waals surface area contributed by atoms with Gasteiger partial charge in [0, 0.05) is 31.6 Å². The van der Waals surface area contributed by atoms with Gasteiger partial charge in [-0.2, -0.15) is 0 Å². The van der Waals surface area contributed by atoms with Gasteiger partial charge in [-0.3, -0.25) is 28.8 Å². The highest BCUT2D eigenvalue weighted by Gasteiger charge is 2.43. The highest BCUT2D eigenvalue weighted by atomic mass is 35.5. The molecule has 0 spiro atoms. The molecule has 3 aliphatic heterocycles. The van der Waals surface area contributed by atoms with Crippen molar-refractivity contribution in [1.82, 2.24) is 30.7 Å². The minimum absolute atomic E-state index is 0.0615. The Balaban J connectivity index is 1.63. The summed E-state index contributed by atoms with van der Waals surface area (Å²) >= 11 is 6.07. The average Bonchev–Trinajstić information content (AvgIpc) is 3.82. The van der Waals surface area contributed by atoms with Gasteiger partial charge in [0.2, 0.25) is 35.4 Å². The van der Waals surface area contributed by atoms with E-state index in [1.807, 2.05) is 0 Å². The first-order valence-corrected chi connectivity index (χ1v) is 18.6. The van der Waals surface area contributed by atoms with Crippen LogP contribution in [0.25, 0.3) is 0 Å². The fraction of sp³-hybridized carbons (Fsp3) is 0.595. The second-order valence-electron chi connectivity index (χ2n) is 13.7. The van der Waals surface area contributed by atoms with Crippen molar-refractivity contribution >= 4 is 53.0 Å². The van der Waals surface area contributed by atoms with Gasteiger partial charge in [0.05, 0.1) is 0 Å². The number of hydrogen-bond acceptors (Lipinski definition) is 8. The van der Waals surface area contributed by atoms with Crippen LogP contribution in [0.15, 0.2) is 36.4 Å². The van der Waals surface area contributed by atoms with E-state index in [1.54, 1.807) is 30.3 Å². The first-order chi connectivity index (χ1) is 24.8. The van der Waals surface area contributed by atoms with Gasteiger partial charge in [0.1, 0.15) is 42.9 Å². The van der Waals surface area contributed by atoms with Gasteiger partial charge >= 0.3 is 5.97 Å². The fourth-order valence-corrected chi connectivity index (χ4v) is 6.83. The van der Waals surface area contributed by atoms with E-state index in [4.69, 9.17) is 16.3 Å². The first kappa shape index (κ1) is 40.3. The average molecular weight is 743 g/mol. The lowest BCUT2D eigenvalue weighted by Crippen LogP contribution is -2.60. The number of hydrogen-bond donors (Lipinski definition) is 3. The molecule has 52 heavy (non-hydrogen) atoms. The zero-order chi connectivity index (χ0) is 37.9. The van der Waals surface area contributed by atoms with Gasteiger partial charge in [-0.25, -0.2) is 4.79 Å². The summed E-state index contributed by atoms with van der Waals surface area (Å²) in [6.45, 7) is 5.02. The molecule has 6 amide bonds. The van der Waals surface area contributed by atoms with Crippen LogP contribution >= 0.6 is 11.6 Å². The van der Waals surface area contributed by atoms with Crippen LogP contribution in [-0.4, -0.2) is 119 Å². The number of carbonyl (C=O) groups excluding carboxylic acids is 7. The molecule has 3 heterocycles. The van der Waals surface area contributed by atoms with Gasteiger partial charge in [-0.05, 0) is 76.1 Å². The number of halogens is 1. The van der Waals surface area contributed by atoms with Gasteiger partial charge in [-0.15, -0.1) is 0 Å². The summed E-state index contributed by atoms with van der Waals surface area (Å²) < 4.78 is 5.65. The van der Waals surface area contributed by atoms with Crippen LogP contribution in [-0.2, 0) is 44.7 Å². The van der Waals surface area contributed by atoms with Crippen molar-refractivity contribution in [3.63, 3.8) is 0 Å². The third-order valence-electron chi connectivity index (χ3n) is 9.90. The number of fused-ring (bicyclic) bond motifs is 2. The maximum absolute atomic E-state index is 14.2. The lowest BCUT2D eigenvalue weighted by molar-refractivity contribution is -0.158. The second kappa shape index (κ2) is 18.9. The largest absolute Gasteiger partial charge is 0.461 e. The molecule has 4 rings (SSSR count). The lowest BCUT2D eigenvalue weighted by Gasteiger charge is -2.34. The summed E-state index contributed by atoms with van der Waals surface area (Å²) in [5.41, 5.74) is 0.694. The number of likely N-dealkylation sites (N-methyl/N-ethyl adjacent to an activating group) is 1. The molecule has 3 fully saturated rings. The van der Waals surface area contributed by atoms with E-state index in [2.05, 4.69) is 22.9 Å². The molecule has 284 valence electrons. The molecule has 0 aromatic heterocycles. The molecule has 3 N–H and O–H groups in total. The number of esters is 1. The monoisotopic (exact) mass is 742 g/mol. The molecule has 3 aliphatic rings. The van der Waals surface area contributed by atoms with Gasteiger partial charge in [0.15, 0.2) is 0 Å². The number of allylic oxidation sites excluding steroid dienone is 1. The highest BCUT2D eigenvalue weighted by molar-refractivity contribution is 6.30.